The summed E-state index contributed by atoms with van der Waals surface area (Å²) in [5.41, 5.74) is 1.21. The first-order valence-corrected chi connectivity index (χ1v) is 10.2. The number of hydrogen-bond donors (Lipinski definition) is 1. The minimum absolute atomic E-state index is 0.195. The Bertz CT molecular complexity index is 966. The molecule has 0 radical (unpaired) electrons. The molecule has 4 rings (SSSR count). The van der Waals surface area contributed by atoms with Gasteiger partial charge in [-0.1, -0.05) is 29.3 Å². The average molecular weight is 435 g/mol. The Morgan fingerprint density at radius 2 is 1.93 bits per heavy atom. The zero-order valence-electron chi connectivity index (χ0n) is 15.8. The Morgan fingerprint density at radius 1 is 1.14 bits per heavy atom. The maximum atomic E-state index is 13.0. The smallest absolute Gasteiger partial charge is 0.256 e. The molecule has 2 atom stereocenters. The van der Waals surface area contributed by atoms with Gasteiger partial charge in [0.1, 0.15) is 6.04 Å². The van der Waals surface area contributed by atoms with Gasteiger partial charge >= 0.3 is 0 Å². The molecule has 1 N–H and O–H groups in total. The van der Waals surface area contributed by atoms with Crippen molar-refractivity contribution in [1.29, 1.82) is 0 Å². The highest BCUT2D eigenvalue weighted by Crippen LogP contribution is 2.34. The third kappa shape index (κ3) is 4.00. The second-order valence-corrected chi connectivity index (χ2v) is 7.97. The van der Waals surface area contributed by atoms with Gasteiger partial charge in [-0.15, -0.1) is 0 Å². The highest BCUT2D eigenvalue weighted by molar-refractivity contribution is 6.35. The van der Waals surface area contributed by atoms with Crippen LogP contribution in [0, 0.1) is 0 Å². The SMILES string of the molecule is CC(NC(=O)C1CCCN1C(=O)c1cc(Cl)ccc1Cl)c1ccc2c(c1)OCO2. The second kappa shape index (κ2) is 8.13. The van der Waals surface area contributed by atoms with E-state index in [4.69, 9.17) is 32.7 Å². The lowest BCUT2D eigenvalue weighted by Gasteiger charge is -2.26. The predicted molar refractivity (Wildman–Crippen MR) is 110 cm³/mol. The third-order valence-corrected chi connectivity index (χ3v) is 5.80. The molecule has 1 saturated heterocycles. The number of likely N-dealkylation sites (tertiary alicyclic amines) is 1. The van der Waals surface area contributed by atoms with Crippen LogP contribution >= 0.6 is 23.2 Å². The van der Waals surface area contributed by atoms with Gasteiger partial charge in [-0.3, -0.25) is 9.59 Å². The summed E-state index contributed by atoms with van der Waals surface area (Å²) in [6.45, 7) is 2.59. The van der Waals surface area contributed by atoms with Crippen molar-refractivity contribution in [1.82, 2.24) is 10.2 Å². The topological polar surface area (TPSA) is 67.9 Å². The molecule has 2 aliphatic heterocycles. The molecule has 0 aliphatic carbocycles. The number of rotatable bonds is 4. The van der Waals surface area contributed by atoms with Gasteiger partial charge in [0.05, 0.1) is 16.6 Å². The standard InChI is InChI=1S/C21H20Cl2N2O4/c1-12(13-4-7-18-19(9-13)29-11-28-18)24-20(26)17-3-2-8-25(17)21(27)15-10-14(22)5-6-16(15)23/h4-7,9-10,12,17H,2-3,8,11H2,1H3,(H,24,26). The molecular weight excluding hydrogens is 415 g/mol. The van der Waals surface area contributed by atoms with E-state index in [0.717, 1.165) is 12.0 Å². The first-order valence-electron chi connectivity index (χ1n) is 9.40. The molecule has 0 saturated carbocycles. The van der Waals surface area contributed by atoms with Crippen LogP contribution in [0.4, 0.5) is 0 Å². The minimum Gasteiger partial charge on any atom is -0.454 e. The van der Waals surface area contributed by atoms with Crippen LogP contribution < -0.4 is 14.8 Å². The Hall–Kier alpha value is -2.44. The fraction of sp³-hybridized carbons (Fsp3) is 0.333. The van der Waals surface area contributed by atoms with Crippen LogP contribution in [0.3, 0.4) is 0 Å². The van der Waals surface area contributed by atoms with Crippen molar-refractivity contribution in [2.45, 2.75) is 31.8 Å². The summed E-state index contributed by atoms with van der Waals surface area (Å²) in [6.07, 6.45) is 1.35. The Morgan fingerprint density at radius 3 is 2.76 bits per heavy atom. The predicted octanol–water partition coefficient (Wildman–Crippen LogP) is 4.20. The van der Waals surface area contributed by atoms with Gasteiger partial charge in [-0.25, -0.2) is 0 Å². The number of amides is 2. The number of carbonyl (C=O) groups is 2. The zero-order chi connectivity index (χ0) is 20.5. The fourth-order valence-corrected chi connectivity index (χ4v) is 4.04. The quantitative estimate of drug-likeness (QED) is 0.782. The lowest BCUT2D eigenvalue weighted by atomic mass is 10.1. The number of halogens is 2. The van der Waals surface area contributed by atoms with Crippen LogP contribution in [-0.2, 0) is 4.79 Å². The summed E-state index contributed by atoms with van der Waals surface area (Å²) in [5.74, 6) is 0.875. The molecule has 2 aromatic carbocycles. The molecule has 2 unspecified atom stereocenters. The van der Waals surface area contributed by atoms with Gasteiger partial charge in [0.15, 0.2) is 11.5 Å². The molecule has 152 valence electrons. The van der Waals surface area contributed by atoms with Gasteiger partial charge in [0.2, 0.25) is 12.7 Å². The molecule has 6 nitrogen and oxygen atoms in total. The highest BCUT2D eigenvalue weighted by atomic mass is 35.5. The number of nitrogens with zero attached hydrogens (tertiary/aromatic N) is 1. The van der Waals surface area contributed by atoms with Crippen LogP contribution in [0.5, 0.6) is 11.5 Å². The van der Waals surface area contributed by atoms with Gasteiger partial charge < -0.3 is 19.7 Å². The van der Waals surface area contributed by atoms with E-state index in [9.17, 15) is 9.59 Å². The molecule has 2 aromatic rings. The maximum absolute atomic E-state index is 13.0. The van der Waals surface area contributed by atoms with E-state index in [1.54, 1.807) is 17.0 Å². The maximum Gasteiger partial charge on any atom is 0.256 e. The van der Waals surface area contributed by atoms with E-state index >= 15 is 0 Å². The Kier molecular flexibility index (Phi) is 5.56. The number of benzene rings is 2. The van der Waals surface area contributed by atoms with E-state index in [1.165, 1.54) is 6.07 Å². The van der Waals surface area contributed by atoms with Crippen molar-refractivity contribution < 1.29 is 19.1 Å². The second-order valence-electron chi connectivity index (χ2n) is 7.12. The van der Waals surface area contributed by atoms with E-state index in [1.807, 2.05) is 25.1 Å². The van der Waals surface area contributed by atoms with Crippen molar-refractivity contribution in [3.05, 3.63) is 57.6 Å². The highest BCUT2D eigenvalue weighted by Gasteiger charge is 2.35. The largest absolute Gasteiger partial charge is 0.454 e. The summed E-state index contributed by atoms with van der Waals surface area (Å²) in [6, 6.07) is 9.53. The molecule has 0 spiro atoms. The third-order valence-electron chi connectivity index (χ3n) is 5.23. The monoisotopic (exact) mass is 434 g/mol. The number of hydrogen-bond acceptors (Lipinski definition) is 4. The molecule has 2 heterocycles. The van der Waals surface area contributed by atoms with Crippen LogP contribution in [-0.4, -0.2) is 36.1 Å². The molecule has 2 aliphatic rings. The van der Waals surface area contributed by atoms with Crippen LogP contribution in [0.15, 0.2) is 36.4 Å². The van der Waals surface area contributed by atoms with Crippen molar-refractivity contribution in [2.75, 3.05) is 13.3 Å². The Labute approximate surface area is 178 Å². The van der Waals surface area contributed by atoms with Gasteiger partial charge in [-0.2, -0.15) is 0 Å². The number of nitrogens with one attached hydrogen (secondary N) is 1. The summed E-state index contributed by atoms with van der Waals surface area (Å²) in [5, 5.41) is 3.75. The molecule has 8 heteroatoms. The first kappa shape index (κ1) is 19.9. The van der Waals surface area contributed by atoms with Crippen molar-refractivity contribution in [3.8, 4) is 11.5 Å². The van der Waals surface area contributed by atoms with Crippen molar-refractivity contribution in [3.63, 3.8) is 0 Å². The van der Waals surface area contributed by atoms with Gasteiger partial charge in [0, 0.05) is 11.6 Å². The van der Waals surface area contributed by atoms with Crippen molar-refractivity contribution >= 4 is 35.0 Å². The summed E-state index contributed by atoms with van der Waals surface area (Å²) in [4.78, 5) is 27.5. The van der Waals surface area contributed by atoms with E-state index in [-0.39, 0.29) is 24.6 Å². The lowest BCUT2D eigenvalue weighted by molar-refractivity contribution is -0.125. The van der Waals surface area contributed by atoms with E-state index in [2.05, 4.69) is 5.32 Å². The molecule has 0 bridgehead atoms. The average Bonchev–Trinajstić information content (AvgIpc) is 3.37. The van der Waals surface area contributed by atoms with Gasteiger partial charge in [-0.05, 0) is 55.7 Å². The zero-order valence-corrected chi connectivity index (χ0v) is 17.3. The number of ether oxygens (including phenoxy) is 2. The van der Waals surface area contributed by atoms with Gasteiger partial charge in [0.25, 0.3) is 5.91 Å². The lowest BCUT2D eigenvalue weighted by Crippen LogP contribution is -2.46. The molecule has 1 fully saturated rings. The molecule has 2 amide bonds. The number of fused-ring (bicyclic) bond motifs is 1. The molecule has 29 heavy (non-hydrogen) atoms. The van der Waals surface area contributed by atoms with E-state index < -0.39 is 6.04 Å². The minimum atomic E-state index is -0.547. The van der Waals surface area contributed by atoms with Crippen LogP contribution in [0.1, 0.15) is 41.7 Å². The van der Waals surface area contributed by atoms with Crippen LogP contribution in [0.2, 0.25) is 10.0 Å². The number of carbonyl (C=O) groups excluding carboxylic acids is 2. The van der Waals surface area contributed by atoms with E-state index in [0.29, 0.717) is 40.1 Å². The Balaban J connectivity index is 1.47. The summed E-state index contributed by atoms with van der Waals surface area (Å²) >= 11 is 12.2. The first-order chi connectivity index (χ1) is 13.9. The molecule has 0 aromatic heterocycles. The summed E-state index contributed by atoms with van der Waals surface area (Å²) in [7, 11) is 0. The summed E-state index contributed by atoms with van der Waals surface area (Å²) < 4.78 is 10.7. The normalized spacial score (nSPS) is 18.6. The molecular formula is C21H20Cl2N2O4. The van der Waals surface area contributed by atoms with Crippen molar-refractivity contribution in [2.24, 2.45) is 0 Å². The van der Waals surface area contributed by atoms with Crippen LogP contribution in [0.25, 0.3) is 0 Å². The fourth-order valence-electron chi connectivity index (χ4n) is 3.67.